The number of hydrogen-bond acceptors (Lipinski definition) is 1. The highest BCUT2D eigenvalue weighted by Crippen LogP contribution is 2.47. The van der Waals surface area contributed by atoms with Crippen LogP contribution >= 0.6 is 0 Å². The molecule has 16 heavy (non-hydrogen) atoms. The van der Waals surface area contributed by atoms with Gasteiger partial charge < -0.3 is 5.73 Å². The summed E-state index contributed by atoms with van der Waals surface area (Å²) < 4.78 is 25.7. The quantitative estimate of drug-likeness (QED) is 0.818. The first-order chi connectivity index (χ1) is 7.41. The molecule has 0 atom stereocenters. The average molecular weight is 223 g/mol. The van der Waals surface area contributed by atoms with Crippen LogP contribution in [0.5, 0.6) is 0 Å². The second kappa shape index (κ2) is 3.67. The molecule has 1 saturated carbocycles. The van der Waals surface area contributed by atoms with Gasteiger partial charge in [-0.15, -0.1) is 0 Å². The number of rotatable bonds is 2. The van der Waals surface area contributed by atoms with Crippen molar-refractivity contribution in [3.05, 3.63) is 41.5 Å². The SMILES string of the molecule is C/C(=C/c1ccccc1)C1(N)CC(F)(F)C1. The van der Waals surface area contributed by atoms with Crippen LogP contribution in [0.4, 0.5) is 8.78 Å². The first kappa shape index (κ1) is 11.3. The smallest absolute Gasteiger partial charge is 0.252 e. The Hall–Kier alpha value is -1.22. The number of alkyl halides is 2. The van der Waals surface area contributed by atoms with Crippen LogP contribution in [-0.4, -0.2) is 11.5 Å². The Labute approximate surface area is 94.0 Å². The number of halogens is 2. The van der Waals surface area contributed by atoms with E-state index in [-0.39, 0.29) is 12.8 Å². The van der Waals surface area contributed by atoms with Gasteiger partial charge >= 0.3 is 0 Å². The number of benzene rings is 1. The third-order valence-electron chi connectivity index (χ3n) is 3.12. The molecule has 0 bridgehead atoms. The molecule has 0 heterocycles. The molecule has 0 unspecified atom stereocenters. The summed E-state index contributed by atoms with van der Waals surface area (Å²) in [5, 5.41) is 0. The maximum Gasteiger partial charge on any atom is 0.252 e. The standard InChI is InChI=1S/C13H15F2N/c1-10(7-11-5-3-2-4-6-11)12(16)8-13(14,15)9-12/h2-7H,8-9,16H2,1H3/b10-7-. The molecule has 0 radical (unpaired) electrons. The molecule has 1 nitrogen and oxygen atoms in total. The fraction of sp³-hybridized carbons (Fsp3) is 0.385. The highest BCUT2D eigenvalue weighted by molar-refractivity contribution is 5.55. The minimum absolute atomic E-state index is 0.241. The zero-order valence-electron chi connectivity index (χ0n) is 9.21. The molecule has 1 aromatic carbocycles. The van der Waals surface area contributed by atoms with Crippen LogP contribution in [0.3, 0.4) is 0 Å². The topological polar surface area (TPSA) is 26.0 Å². The second-order valence-electron chi connectivity index (χ2n) is 4.60. The van der Waals surface area contributed by atoms with E-state index in [1.165, 1.54) is 0 Å². The molecule has 0 spiro atoms. The normalized spacial score (nSPS) is 22.6. The molecule has 1 aliphatic rings. The molecule has 0 saturated heterocycles. The molecule has 2 N–H and O–H groups in total. The molecule has 3 heteroatoms. The molecule has 2 rings (SSSR count). The minimum Gasteiger partial charge on any atom is -0.321 e. The van der Waals surface area contributed by atoms with E-state index in [0.29, 0.717) is 0 Å². The molecule has 0 amide bonds. The third kappa shape index (κ3) is 2.14. The highest BCUT2D eigenvalue weighted by atomic mass is 19.3. The van der Waals surface area contributed by atoms with Gasteiger partial charge in [-0.2, -0.15) is 0 Å². The van der Waals surface area contributed by atoms with Crippen molar-refractivity contribution < 1.29 is 8.78 Å². The van der Waals surface area contributed by atoms with E-state index in [4.69, 9.17) is 5.73 Å². The van der Waals surface area contributed by atoms with Crippen molar-refractivity contribution in [3.8, 4) is 0 Å². The zero-order valence-corrected chi connectivity index (χ0v) is 9.21. The van der Waals surface area contributed by atoms with Crippen LogP contribution in [-0.2, 0) is 0 Å². The molecular formula is C13H15F2N. The van der Waals surface area contributed by atoms with Crippen molar-refractivity contribution in [2.24, 2.45) is 5.73 Å². The molecule has 1 aromatic rings. The number of nitrogens with two attached hydrogens (primary N) is 1. The van der Waals surface area contributed by atoms with Crippen molar-refractivity contribution in [2.75, 3.05) is 0 Å². The van der Waals surface area contributed by atoms with Gasteiger partial charge in [0.25, 0.3) is 5.92 Å². The van der Waals surface area contributed by atoms with Crippen LogP contribution in [0, 0.1) is 0 Å². The van der Waals surface area contributed by atoms with Gasteiger partial charge in [0.2, 0.25) is 0 Å². The summed E-state index contributed by atoms with van der Waals surface area (Å²) in [7, 11) is 0. The highest BCUT2D eigenvalue weighted by Gasteiger charge is 2.54. The van der Waals surface area contributed by atoms with Gasteiger partial charge in [-0.1, -0.05) is 42.0 Å². The summed E-state index contributed by atoms with van der Waals surface area (Å²) in [6.45, 7) is 1.82. The minimum atomic E-state index is -2.58. The summed E-state index contributed by atoms with van der Waals surface area (Å²) >= 11 is 0. The first-order valence-corrected chi connectivity index (χ1v) is 5.32. The van der Waals surface area contributed by atoms with Gasteiger partial charge in [0.05, 0.1) is 0 Å². The van der Waals surface area contributed by atoms with Crippen molar-refractivity contribution in [3.63, 3.8) is 0 Å². The molecule has 0 aliphatic heterocycles. The van der Waals surface area contributed by atoms with E-state index >= 15 is 0 Å². The largest absolute Gasteiger partial charge is 0.321 e. The van der Waals surface area contributed by atoms with E-state index in [0.717, 1.165) is 11.1 Å². The van der Waals surface area contributed by atoms with Crippen LogP contribution in [0.1, 0.15) is 25.3 Å². The predicted octanol–water partition coefficient (Wildman–Crippen LogP) is 3.22. The van der Waals surface area contributed by atoms with Gasteiger partial charge in [-0.25, -0.2) is 8.78 Å². The van der Waals surface area contributed by atoms with Crippen LogP contribution in [0.15, 0.2) is 35.9 Å². The Balaban J connectivity index is 2.15. The maximum absolute atomic E-state index is 12.8. The molecular weight excluding hydrogens is 208 g/mol. The summed E-state index contributed by atoms with van der Waals surface area (Å²) in [5.41, 5.74) is 6.93. The Morgan fingerprint density at radius 3 is 2.31 bits per heavy atom. The van der Waals surface area contributed by atoms with Crippen molar-refractivity contribution in [1.82, 2.24) is 0 Å². The average Bonchev–Trinajstić information content (AvgIpc) is 2.16. The molecule has 1 fully saturated rings. The summed E-state index contributed by atoms with van der Waals surface area (Å²) in [4.78, 5) is 0. The fourth-order valence-electron chi connectivity index (χ4n) is 2.09. The van der Waals surface area contributed by atoms with Gasteiger partial charge in [0.1, 0.15) is 0 Å². The number of hydrogen-bond donors (Lipinski definition) is 1. The second-order valence-corrected chi connectivity index (χ2v) is 4.60. The predicted molar refractivity (Wildman–Crippen MR) is 61.2 cm³/mol. The third-order valence-corrected chi connectivity index (χ3v) is 3.12. The Morgan fingerprint density at radius 2 is 1.81 bits per heavy atom. The van der Waals surface area contributed by atoms with Gasteiger partial charge in [0, 0.05) is 18.4 Å². The lowest BCUT2D eigenvalue weighted by atomic mass is 9.69. The Kier molecular flexibility index (Phi) is 2.58. The van der Waals surface area contributed by atoms with Crippen molar-refractivity contribution >= 4 is 6.08 Å². The lowest BCUT2D eigenvalue weighted by Crippen LogP contribution is -2.58. The molecule has 0 aromatic heterocycles. The van der Waals surface area contributed by atoms with Crippen LogP contribution < -0.4 is 5.73 Å². The summed E-state index contributed by atoms with van der Waals surface area (Å²) in [6.07, 6.45) is 1.40. The lowest BCUT2D eigenvalue weighted by molar-refractivity contribution is -0.110. The monoisotopic (exact) mass is 223 g/mol. The van der Waals surface area contributed by atoms with Gasteiger partial charge in [0.15, 0.2) is 0 Å². The Bertz CT molecular complexity index is 401. The maximum atomic E-state index is 12.8. The first-order valence-electron chi connectivity index (χ1n) is 5.32. The van der Waals surface area contributed by atoms with E-state index in [1.54, 1.807) is 0 Å². The van der Waals surface area contributed by atoms with Crippen molar-refractivity contribution in [2.45, 2.75) is 31.2 Å². The van der Waals surface area contributed by atoms with E-state index in [1.807, 2.05) is 43.3 Å². The van der Waals surface area contributed by atoms with Gasteiger partial charge in [-0.05, 0) is 12.5 Å². The fourth-order valence-corrected chi connectivity index (χ4v) is 2.09. The van der Waals surface area contributed by atoms with Crippen LogP contribution in [0.25, 0.3) is 6.08 Å². The summed E-state index contributed by atoms with van der Waals surface area (Å²) in [5.74, 6) is -2.58. The van der Waals surface area contributed by atoms with Crippen LogP contribution in [0.2, 0.25) is 0 Å². The molecule has 86 valence electrons. The van der Waals surface area contributed by atoms with E-state index < -0.39 is 11.5 Å². The Morgan fingerprint density at radius 1 is 1.25 bits per heavy atom. The summed E-state index contributed by atoms with van der Waals surface area (Å²) in [6, 6.07) is 9.62. The van der Waals surface area contributed by atoms with E-state index in [9.17, 15) is 8.78 Å². The molecule has 1 aliphatic carbocycles. The lowest BCUT2D eigenvalue weighted by Gasteiger charge is -2.45. The van der Waals surface area contributed by atoms with E-state index in [2.05, 4.69) is 0 Å². The van der Waals surface area contributed by atoms with Crippen molar-refractivity contribution in [1.29, 1.82) is 0 Å². The van der Waals surface area contributed by atoms with Gasteiger partial charge in [-0.3, -0.25) is 0 Å². The zero-order chi connectivity index (χ0) is 11.8.